The Morgan fingerprint density at radius 2 is 2.00 bits per heavy atom. The van der Waals surface area contributed by atoms with Gasteiger partial charge in [-0.3, -0.25) is 4.79 Å². The Balaban J connectivity index is 1.30. The maximum absolute atomic E-state index is 13.9. The van der Waals surface area contributed by atoms with Gasteiger partial charge in [-0.2, -0.15) is 0 Å². The lowest BCUT2D eigenvalue weighted by Crippen LogP contribution is -2.48. The van der Waals surface area contributed by atoms with Crippen molar-refractivity contribution in [2.45, 2.75) is 38.2 Å². The number of morpholine rings is 1. The van der Waals surface area contributed by atoms with Gasteiger partial charge >= 0.3 is 0 Å². The summed E-state index contributed by atoms with van der Waals surface area (Å²) in [6.07, 6.45) is 4.73. The molecule has 2 aromatic rings. The number of hydrogen-bond donors (Lipinski definition) is 0. The lowest BCUT2D eigenvalue weighted by molar-refractivity contribution is -0.139. The van der Waals surface area contributed by atoms with Crippen molar-refractivity contribution in [1.29, 1.82) is 0 Å². The number of carbonyl (C=O) groups excluding carboxylic acids is 1. The second-order valence-electron chi connectivity index (χ2n) is 7.93. The fourth-order valence-corrected chi connectivity index (χ4v) is 4.14. The van der Waals surface area contributed by atoms with Crippen LogP contribution in [0.4, 0.5) is 4.39 Å². The SMILES string of the molecule is COc1ccc(CC(=O)N2CCOC(COc3ccc4c(c3)CCCC4)C2)cc1F. The van der Waals surface area contributed by atoms with Crippen molar-refractivity contribution in [1.82, 2.24) is 4.90 Å². The highest BCUT2D eigenvalue weighted by Gasteiger charge is 2.25. The molecule has 2 aliphatic rings. The summed E-state index contributed by atoms with van der Waals surface area (Å²) in [7, 11) is 1.42. The molecule has 1 aliphatic carbocycles. The van der Waals surface area contributed by atoms with E-state index in [9.17, 15) is 9.18 Å². The number of fused-ring (bicyclic) bond motifs is 1. The lowest BCUT2D eigenvalue weighted by Gasteiger charge is -2.33. The molecular weight excluding hydrogens is 385 g/mol. The first kappa shape index (κ1) is 20.7. The summed E-state index contributed by atoms with van der Waals surface area (Å²) in [5.41, 5.74) is 3.44. The van der Waals surface area contributed by atoms with Crippen molar-refractivity contribution in [3.05, 3.63) is 58.9 Å². The van der Waals surface area contributed by atoms with Crippen LogP contribution in [0.25, 0.3) is 0 Å². The van der Waals surface area contributed by atoms with Crippen LogP contribution in [-0.4, -0.2) is 50.3 Å². The number of amides is 1. The third kappa shape index (κ3) is 4.93. The average Bonchev–Trinajstić information content (AvgIpc) is 2.78. The van der Waals surface area contributed by atoms with Gasteiger partial charge in [-0.1, -0.05) is 12.1 Å². The molecule has 1 saturated heterocycles. The minimum Gasteiger partial charge on any atom is -0.494 e. The summed E-state index contributed by atoms with van der Waals surface area (Å²) in [6, 6.07) is 10.9. The summed E-state index contributed by atoms with van der Waals surface area (Å²) in [6.45, 7) is 1.88. The minimum absolute atomic E-state index is 0.0401. The number of aryl methyl sites for hydroxylation is 2. The number of methoxy groups -OCH3 is 1. The molecule has 160 valence electrons. The van der Waals surface area contributed by atoms with Crippen molar-refractivity contribution < 1.29 is 23.4 Å². The predicted molar refractivity (Wildman–Crippen MR) is 112 cm³/mol. The van der Waals surface area contributed by atoms with E-state index in [0.29, 0.717) is 31.9 Å². The van der Waals surface area contributed by atoms with Crippen LogP contribution in [0.1, 0.15) is 29.5 Å². The molecule has 1 unspecified atom stereocenters. The van der Waals surface area contributed by atoms with E-state index >= 15 is 0 Å². The first-order valence-electron chi connectivity index (χ1n) is 10.6. The normalized spacial score (nSPS) is 18.6. The van der Waals surface area contributed by atoms with E-state index < -0.39 is 5.82 Å². The number of ether oxygens (including phenoxy) is 3. The molecular formula is C24H28FNO4. The Hall–Kier alpha value is -2.60. The second-order valence-corrected chi connectivity index (χ2v) is 7.93. The van der Waals surface area contributed by atoms with Crippen molar-refractivity contribution >= 4 is 5.91 Å². The van der Waals surface area contributed by atoms with Gasteiger partial charge in [0.25, 0.3) is 0 Å². The lowest BCUT2D eigenvalue weighted by atomic mass is 9.92. The van der Waals surface area contributed by atoms with Crippen molar-refractivity contribution in [2.75, 3.05) is 33.4 Å². The van der Waals surface area contributed by atoms with Crippen LogP contribution >= 0.6 is 0 Å². The molecule has 0 aromatic heterocycles. The first-order chi connectivity index (χ1) is 14.6. The monoisotopic (exact) mass is 413 g/mol. The van der Waals surface area contributed by atoms with Gasteiger partial charge in [0, 0.05) is 6.54 Å². The Labute approximate surface area is 176 Å². The third-order valence-corrected chi connectivity index (χ3v) is 5.82. The summed E-state index contributed by atoms with van der Waals surface area (Å²) >= 11 is 0. The zero-order chi connectivity index (χ0) is 20.9. The van der Waals surface area contributed by atoms with Gasteiger partial charge in [0.15, 0.2) is 11.6 Å². The van der Waals surface area contributed by atoms with E-state index in [1.54, 1.807) is 17.0 Å². The van der Waals surface area contributed by atoms with Gasteiger partial charge in [-0.15, -0.1) is 0 Å². The van der Waals surface area contributed by atoms with Gasteiger partial charge in [0.1, 0.15) is 18.5 Å². The van der Waals surface area contributed by atoms with Crippen molar-refractivity contribution in [2.24, 2.45) is 0 Å². The van der Waals surface area contributed by atoms with E-state index in [2.05, 4.69) is 12.1 Å². The van der Waals surface area contributed by atoms with Gasteiger partial charge in [0.05, 0.1) is 26.7 Å². The maximum Gasteiger partial charge on any atom is 0.227 e. The quantitative estimate of drug-likeness (QED) is 0.727. The molecule has 1 amide bonds. The third-order valence-electron chi connectivity index (χ3n) is 5.82. The zero-order valence-corrected chi connectivity index (χ0v) is 17.4. The molecule has 2 aromatic carbocycles. The van der Waals surface area contributed by atoms with Crippen LogP contribution in [-0.2, 0) is 28.8 Å². The number of benzene rings is 2. The molecule has 1 heterocycles. The first-order valence-corrected chi connectivity index (χ1v) is 10.6. The molecule has 0 saturated carbocycles. The van der Waals surface area contributed by atoms with E-state index in [-0.39, 0.29) is 24.2 Å². The average molecular weight is 413 g/mol. The molecule has 1 fully saturated rings. The van der Waals surface area contributed by atoms with Crippen LogP contribution in [0, 0.1) is 5.82 Å². The minimum atomic E-state index is -0.457. The van der Waals surface area contributed by atoms with E-state index in [0.717, 1.165) is 18.6 Å². The molecule has 1 atom stereocenters. The number of nitrogens with zero attached hydrogens (tertiary/aromatic N) is 1. The summed E-state index contributed by atoms with van der Waals surface area (Å²) in [4.78, 5) is 14.5. The van der Waals surface area contributed by atoms with E-state index in [1.165, 1.54) is 37.1 Å². The van der Waals surface area contributed by atoms with Crippen LogP contribution in [0.15, 0.2) is 36.4 Å². The molecule has 1 aliphatic heterocycles. The topological polar surface area (TPSA) is 48.0 Å². The van der Waals surface area contributed by atoms with Gasteiger partial charge < -0.3 is 19.1 Å². The highest BCUT2D eigenvalue weighted by molar-refractivity contribution is 5.79. The van der Waals surface area contributed by atoms with E-state index in [1.807, 2.05) is 6.07 Å². The number of hydrogen-bond acceptors (Lipinski definition) is 4. The zero-order valence-electron chi connectivity index (χ0n) is 17.4. The standard InChI is InChI=1S/C24H28FNO4/c1-28-23-9-6-17(12-22(23)25)13-24(27)26-10-11-29-21(15-26)16-30-20-8-7-18-4-2-3-5-19(18)14-20/h6-9,12,14,21H,2-5,10-11,13,15-16H2,1H3. The van der Waals surface area contributed by atoms with Crippen LogP contribution in [0.5, 0.6) is 11.5 Å². The highest BCUT2D eigenvalue weighted by Crippen LogP contribution is 2.25. The van der Waals surface area contributed by atoms with Gasteiger partial charge in [-0.05, 0) is 66.6 Å². The Morgan fingerprint density at radius 1 is 1.17 bits per heavy atom. The maximum atomic E-state index is 13.9. The van der Waals surface area contributed by atoms with Gasteiger partial charge in [-0.25, -0.2) is 4.39 Å². The molecule has 0 radical (unpaired) electrons. The Morgan fingerprint density at radius 3 is 2.80 bits per heavy atom. The Bertz CT molecular complexity index is 901. The predicted octanol–water partition coefficient (Wildman–Crippen LogP) is 3.56. The second kappa shape index (κ2) is 9.47. The molecule has 4 rings (SSSR count). The van der Waals surface area contributed by atoms with Crippen LogP contribution in [0.3, 0.4) is 0 Å². The molecule has 5 nitrogen and oxygen atoms in total. The molecule has 0 N–H and O–H groups in total. The fourth-order valence-electron chi connectivity index (χ4n) is 4.14. The number of rotatable bonds is 6. The van der Waals surface area contributed by atoms with Crippen LogP contribution < -0.4 is 9.47 Å². The molecule has 30 heavy (non-hydrogen) atoms. The summed E-state index contributed by atoms with van der Waals surface area (Å²) < 4.78 is 30.6. The Kier molecular flexibility index (Phi) is 6.53. The summed E-state index contributed by atoms with van der Waals surface area (Å²) in [5.74, 6) is 0.538. The number of halogens is 1. The molecule has 6 heteroatoms. The fraction of sp³-hybridized carbons (Fsp3) is 0.458. The molecule has 0 spiro atoms. The van der Waals surface area contributed by atoms with E-state index in [4.69, 9.17) is 14.2 Å². The molecule has 0 bridgehead atoms. The van der Waals surface area contributed by atoms with Crippen molar-refractivity contribution in [3.63, 3.8) is 0 Å². The largest absolute Gasteiger partial charge is 0.494 e. The van der Waals surface area contributed by atoms with Gasteiger partial charge in [0.2, 0.25) is 5.91 Å². The van der Waals surface area contributed by atoms with Crippen molar-refractivity contribution in [3.8, 4) is 11.5 Å². The van der Waals surface area contributed by atoms with Crippen LogP contribution in [0.2, 0.25) is 0 Å². The highest BCUT2D eigenvalue weighted by atomic mass is 19.1. The summed E-state index contributed by atoms with van der Waals surface area (Å²) in [5, 5.41) is 0. The smallest absolute Gasteiger partial charge is 0.227 e. The number of carbonyl (C=O) groups is 1.